The molecule has 1 aliphatic rings. The molecule has 0 spiro atoms. The molecule has 1 amide bonds. The fraction of sp³-hybridized carbons (Fsp3) is 0.267. The van der Waals surface area contributed by atoms with Crippen LogP contribution in [0.3, 0.4) is 0 Å². The lowest BCUT2D eigenvalue weighted by Crippen LogP contribution is -2.35. The predicted octanol–water partition coefficient (Wildman–Crippen LogP) is 3.98. The van der Waals surface area contributed by atoms with Crippen molar-refractivity contribution in [2.45, 2.75) is 11.2 Å². The highest BCUT2D eigenvalue weighted by molar-refractivity contribution is 9.10. The largest absolute Gasteiger partial charge is 0.490 e. The molecule has 0 radical (unpaired) electrons. The Kier molecular flexibility index (Phi) is 5.05. The summed E-state index contributed by atoms with van der Waals surface area (Å²) in [4.78, 5) is 13.6. The van der Waals surface area contributed by atoms with Gasteiger partial charge in [0, 0.05) is 22.8 Å². The molecule has 0 bridgehead atoms. The summed E-state index contributed by atoms with van der Waals surface area (Å²) in [6.07, 6.45) is 4.46. The van der Waals surface area contributed by atoms with Crippen molar-refractivity contribution >= 4 is 43.5 Å². The van der Waals surface area contributed by atoms with Gasteiger partial charge in [-0.05, 0) is 40.5 Å². The summed E-state index contributed by atoms with van der Waals surface area (Å²) in [5.41, 5.74) is 1.89. The lowest BCUT2D eigenvalue weighted by atomic mass is 10.0. The minimum Gasteiger partial charge on any atom is -0.490 e. The molecule has 1 aromatic rings. The van der Waals surface area contributed by atoms with Crippen molar-refractivity contribution in [2.24, 2.45) is 0 Å². The van der Waals surface area contributed by atoms with Crippen molar-refractivity contribution in [3.8, 4) is 5.75 Å². The molecule has 20 heavy (non-hydrogen) atoms. The summed E-state index contributed by atoms with van der Waals surface area (Å²) in [6, 6.07) is 5.74. The number of rotatable bonds is 4. The van der Waals surface area contributed by atoms with Crippen LogP contribution < -0.4 is 4.74 Å². The average molecular weight is 401 g/mol. The number of halogens is 2. The lowest BCUT2D eigenvalue weighted by Gasteiger charge is -2.28. The van der Waals surface area contributed by atoms with E-state index in [0.717, 1.165) is 21.5 Å². The molecule has 0 aliphatic carbocycles. The Hall–Kier alpha value is -1.07. The van der Waals surface area contributed by atoms with Crippen LogP contribution in [0.4, 0.5) is 0 Å². The smallest absolute Gasteiger partial charge is 0.240 e. The summed E-state index contributed by atoms with van der Waals surface area (Å²) < 4.78 is 6.39. The fourth-order valence-electron chi connectivity index (χ4n) is 2.02. The molecule has 3 nitrogen and oxygen atoms in total. The average Bonchev–Trinajstić information content (AvgIpc) is 2.44. The van der Waals surface area contributed by atoms with Gasteiger partial charge in [0.05, 0.1) is 4.83 Å². The lowest BCUT2D eigenvalue weighted by molar-refractivity contribution is -0.126. The second-order valence-corrected chi connectivity index (χ2v) is 6.39. The third-order valence-electron chi connectivity index (χ3n) is 3.06. The van der Waals surface area contributed by atoms with Gasteiger partial charge in [-0.2, -0.15) is 0 Å². The van der Waals surface area contributed by atoms with Crippen molar-refractivity contribution in [1.82, 2.24) is 4.90 Å². The van der Waals surface area contributed by atoms with E-state index in [-0.39, 0.29) is 10.7 Å². The molecule has 1 heterocycles. The van der Waals surface area contributed by atoms with Gasteiger partial charge in [0.2, 0.25) is 5.91 Å². The number of hydrogen-bond donors (Lipinski definition) is 0. The second-order valence-electron chi connectivity index (χ2n) is 4.43. The van der Waals surface area contributed by atoms with Crippen molar-refractivity contribution in [3.05, 3.63) is 47.0 Å². The zero-order valence-electron chi connectivity index (χ0n) is 11.1. The van der Waals surface area contributed by atoms with Gasteiger partial charge >= 0.3 is 0 Å². The van der Waals surface area contributed by atoms with Crippen LogP contribution in [0, 0.1) is 0 Å². The Morgan fingerprint density at radius 1 is 1.55 bits per heavy atom. The van der Waals surface area contributed by atoms with Crippen molar-refractivity contribution < 1.29 is 9.53 Å². The van der Waals surface area contributed by atoms with E-state index < -0.39 is 0 Å². The van der Waals surface area contributed by atoms with Crippen molar-refractivity contribution in [1.29, 1.82) is 0 Å². The van der Waals surface area contributed by atoms with Gasteiger partial charge in [-0.15, -0.1) is 0 Å². The fourth-order valence-corrected chi connectivity index (χ4v) is 3.08. The van der Waals surface area contributed by atoms with E-state index in [1.807, 2.05) is 18.2 Å². The monoisotopic (exact) mass is 399 g/mol. The Morgan fingerprint density at radius 3 is 2.95 bits per heavy atom. The number of carbonyl (C=O) groups excluding carboxylic acids is 1. The Morgan fingerprint density at radius 2 is 2.30 bits per heavy atom. The maximum absolute atomic E-state index is 12.0. The molecule has 2 rings (SSSR count). The molecule has 0 saturated carbocycles. The first-order chi connectivity index (χ1) is 9.54. The first kappa shape index (κ1) is 15.3. The van der Waals surface area contributed by atoms with Crippen LogP contribution in [-0.2, 0) is 4.79 Å². The summed E-state index contributed by atoms with van der Waals surface area (Å²) >= 11 is 6.92. The van der Waals surface area contributed by atoms with E-state index in [2.05, 4.69) is 44.5 Å². The first-order valence-electron chi connectivity index (χ1n) is 6.20. The van der Waals surface area contributed by atoms with Gasteiger partial charge in [0.25, 0.3) is 0 Å². The van der Waals surface area contributed by atoms with Gasteiger partial charge < -0.3 is 9.64 Å². The third kappa shape index (κ3) is 3.15. The van der Waals surface area contributed by atoms with Crippen LogP contribution in [0.1, 0.15) is 12.0 Å². The second kappa shape index (κ2) is 6.59. The standard InChI is InChI=1S/C15H15Br2NO2/c1-3-8-20-10-4-5-11(13(17)9-10)14-7-6-12(16)15(19)18(14)2/h3-5,7,9,12H,1,6,8H2,2H3. The van der Waals surface area contributed by atoms with E-state index in [9.17, 15) is 4.79 Å². The number of carbonyl (C=O) groups is 1. The topological polar surface area (TPSA) is 29.5 Å². The Labute approximate surface area is 135 Å². The van der Waals surface area contributed by atoms with E-state index >= 15 is 0 Å². The van der Waals surface area contributed by atoms with Gasteiger partial charge in [-0.25, -0.2) is 0 Å². The van der Waals surface area contributed by atoms with E-state index in [1.165, 1.54) is 0 Å². The zero-order valence-corrected chi connectivity index (χ0v) is 14.3. The Balaban J connectivity index is 2.29. The molecule has 0 N–H and O–H groups in total. The number of allylic oxidation sites excluding steroid dienone is 1. The molecule has 106 valence electrons. The van der Waals surface area contributed by atoms with Crippen molar-refractivity contribution in [3.63, 3.8) is 0 Å². The van der Waals surface area contributed by atoms with Gasteiger partial charge in [-0.1, -0.05) is 34.7 Å². The molecule has 1 atom stereocenters. The maximum Gasteiger partial charge on any atom is 0.240 e. The number of benzene rings is 1. The highest BCUT2D eigenvalue weighted by atomic mass is 79.9. The predicted molar refractivity (Wildman–Crippen MR) is 87.9 cm³/mol. The van der Waals surface area contributed by atoms with Crippen molar-refractivity contribution in [2.75, 3.05) is 13.7 Å². The molecule has 0 fully saturated rings. The van der Waals surface area contributed by atoms with Crippen LogP contribution in [0.5, 0.6) is 5.75 Å². The van der Waals surface area contributed by atoms with Crippen LogP contribution in [0.2, 0.25) is 0 Å². The molecule has 1 unspecified atom stereocenters. The normalized spacial score (nSPS) is 18.8. The number of hydrogen-bond acceptors (Lipinski definition) is 2. The van der Waals surface area contributed by atoms with Gasteiger partial charge in [-0.3, -0.25) is 4.79 Å². The molecule has 1 aromatic carbocycles. The number of ether oxygens (including phenoxy) is 1. The quantitative estimate of drug-likeness (QED) is 0.565. The molecule has 0 saturated heterocycles. The van der Waals surface area contributed by atoms with Gasteiger partial charge in [0.15, 0.2) is 0 Å². The zero-order chi connectivity index (χ0) is 14.7. The first-order valence-corrected chi connectivity index (χ1v) is 7.91. The summed E-state index contributed by atoms with van der Waals surface area (Å²) in [5, 5.41) is 0. The highest BCUT2D eigenvalue weighted by Crippen LogP contribution is 2.33. The van der Waals surface area contributed by atoms with Gasteiger partial charge in [0.1, 0.15) is 12.4 Å². The van der Waals surface area contributed by atoms with E-state index in [0.29, 0.717) is 13.0 Å². The molecular weight excluding hydrogens is 386 g/mol. The molecular formula is C15H15Br2NO2. The van der Waals surface area contributed by atoms with Crippen LogP contribution >= 0.6 is 31.9 Å². The van der Waals surface area contributed by atoms with E-state index in [1.54, 1.807) is 18.0 Å². The summed E-state index contributed by atoms with van der Waals surface area (Å²) in [5.74, 6) is 0.839. The van der Waals surface area contributed by atoms with E-state index in [4.69, 9.17) is 4.74 Å². The number of amides is 1. The minimum absolute atomic E-state index is 0.0707. The molecule has 5 heteroatoms. The number of alkyl halides is 1. The molecule has 1 aliphatic heterocycles. The SMILES string of the molecule is C=CCOc1ccc(C2=CCC(Br)C(=O)N2C)c(Br)c1. The maximum atomic E-state index is 12.0. The van der Waals surface area contributed by atoms with Crippen LogP contribution in [0.25, 0.3) is 5.70 Å². The summed E-state index contributed by atoms with van der Waals surface area (Å²) in [6.45, 7) is 4.09. The van der Waals surface area contributed by atoms with Crippen LogP contribution in [0.15, 0.2) is 41.4 Å². The third-order valence-corrected chi connectivity index (χ3v) is 4.48. The summed E-state index contributed by atoms with van der Waals surface area (Å²) in [7, 11) is 1.79. The minimum atomic E-state index is -0.134. The Bertz CT molecular complexity index is 569. The van der Waals surface area contributed by atoms with Crippen LogP contribution in [-0.4, -0.2) is 29.3 Å². The highest BCUT2D eigenvalue weighted by Gasteiger charge is 2.27. The molecule has 0 aromatic heterocycles. The number of nitrogens with zero attached hydrogens (tertiary/aromatic N) is 1.